The van der Waals surface area contributed by atoms with Crippen LogP contribution >= 0.6 is 0 Å². The Kier molecular flexibility index (Phi) is 5.64. The molecule has 2 rings (SSSR count). The third-order valence-electron chi connectivity index (χ3n) is 3.71. The van der Waals surface area contributed by atoms with Gasteiger partial charge in [0, 0.05) is 0 Å². The summed E-state index contributed by atoms with van der Waals surface area (Å²) in [6, 6.07) is 16.2. The van der Waals surface area contributed by atoms with Gasteiger partial charge in [-0.05, 0) is 48.6 Å². The molecule has 4 heteroatoms. The normalized spacial score (nSPS) is 13.1. The van der Waals surface area contributed by atoms with Gasteiger partial charge < -0.3 is 10.2 Å². The molecular weight excluding hydrogens is 290 g/mol. The van der Waals surface area contributed by atoms with E-state index in [1.807, 2.05) is 24.3 Å². The smallest absolute Gasteiger partial charge is 0.162 e. The van der Waals surface area contributed by atoms with Gasteiger partial charge in [-0.1, -0.05) is 36.4 Å². The lowest BCUT2D eigenvalue weighted by molar-refractivity contribution is -0.125. The third-order valence-corrected chi connectivity index (χ3v) is 3.71. The Morgan fingerprint density at radius 2 is 1.48 bits per heavy atom. The quantitative estimate of drug-likeness (QED) is 0.858. The van der Waals surface area contributed by atoms with Crippen LogP contribution in [0.1, 0.15) is 35.3 Å². The minimum Gasteiger partial charge on any atom is -0.392 e. The van der Waals surface area contributed by atoms with Gasteiger partial charge in [0.1, 0.15) is 6.10 Å². The van der Waals surface area contributed by atoms with Crippen molar-refractivity contribution >= 4 is 5.78 Å². The van der Waals surface area contributed by atoms with E-state index in [9.17, 15) is 15.0 Å². The molecule has 0 aliphatic heterocycles. The fraction of sp³-hybridized carbons (Fsp3) is 0.263. The maximum absolute atomic E-state index is 11.1. The van der Waals surface area contributed by atoms with E-state index < -0.39 is 12.2 Å². The topological polar surface area (TPSA) is 81.3 Å². The summed E-state index contributed by atoms with van der Waals surface area (Å²) in [6.45, 7) is 1.35. The number of carbonyl (C=O) groups is 1. The predicted octanol–water partition coefficient (Wildman–Crippen LogP) is 2.33. The molecule has 0 saturated carbocycles. The molecule has 2 N–H and O–H groups in total. The van der Waals surface area contributed by atoms with Crippen molar-refractivity contribution in [2.24, 2.45) is 0 Å². The highest BCUT2D eigenvalue weighted by molar-refractivity contribution is 5.81. The molecule has 2 aromatic carbocycles. The number of Topliss-reactive ketones (excluding diaryl/α,β-unsaturated/α-hetero) is 1. The van der Waals surface area contributed by atoms with E-state index in [2.05, 4.69) is 6.07 Å². The second-order valence-corrected chi connectivity index (χ2v) is 5.63. The average molecular weight is 309 g/mol. The highest BCUT2D eigenvalue weighted by Crippen LogP contribution is 2.16. The number of ketones is 1. The molecule has 0 heterocycles. The Labute approximate surface area is 135 Å². The summed E-state index contributed by atoms with van der Waals surface area (Å²) in [7, 11) is 0. The van der Waals surface area contributed by atoms with Gasteiger partial charge in [-0.25, -0.2) is 0 Å². The maximum Gasteiger partial charge on any atom is 0.162 e. The Balaban J connectivity index is 1.95. The minimum atomic E-state index is -1.09. The fourth-order valence-corrected chi connectivity index (χ4v) is 2.40. The van der Waals surface area contributed by atoms with E-state index in [1.165, 1.54) is 6.92 Å². The molecule has 0 radical (unpaired) electrons. The van der Waals surface area contributed by atoms with Crippen LogP contribution in [0.25, 0.3) is 0 Å². The number of hydrogen-bond donors (Lipinski definition) is 2. The first-order valence-electron chi connectivity index (χ1n) is 7.44. The number of aliphatic hydroxyl groups is 2. The zero-order valence-corrected chi connectivity index (χ0v) is 12.9. The van der Waals surface area contributed by atoms with E-state index in [4.69, 9.17) is 5.26 Å². The largest absolute Gasteiger partial charge is 0.392 e. The minimum absolute atomic E-state index is 0.293. The summed E-state index contributed by atoms with van der Waals surface area (Å²) in [4.78, 5) is 11.1. The number of rotatable bonds is 6. The Morgan fingerprint density at radius 3 is 1.91 bits per heavy atom. The summed E-state index contributed by atoms with van der Waals surface area (Å²) in [5, 5.41) is 28.6. The molecule has 2 unspecified atom stereocenters. The average Bonchev–Trinajstić information content (AvgIpc) is 2.55. The monoisotopic (exact) mass is 309 g/mol. The van der Waals surface area contributed by atoms with Crippen LogP contribution < -0.4 is 0 Å². The van der Waals surface area contributed by atoms with Crippen LogP contribution in [-0.4, -0.2) is 22.1 Å². The summed E-state index contributed by atoms with van der Waals surface area (Å²) >= 11 is 0. The summed E-state index contributed by atoms with van der Waals surface area (Å²) in [5.41, 5.74) is 3.07. The highest BCUT2D eigenvalue weighted by Gasteiger charge is 2.13. The Hall–Kier alpha value is -2.48. The van der Waals surface area contributed by atoms with Crippen molar-refractivity contribution < 1.29 is 15.0 Å². The van der Waals surface area contributed by atoms with Crippen LogP contribution in [0.4, 0.5) is 0 Å². The van der Waals surface area contributed by atoms with Gasteiger partial charge in [0.15, 0.2) is 5.78 Å². The van der Waals surface area contributed by atoms with Crippen molar-refractivity contribution in [1.29, 1.82) is 5.26 Å². The van der Waals surface area contributed by atoms with Crippen LogP contribution in [-0.2, 0) is 17.6 Å². The molecule has 118 valence electrons. The molecule has 4 nitrogen and oxygen atoms in total. The molecule has 23 heavy (non-hydrogen) atoms. The molecular formula is C19H19NO3. The van der Waals surface area contributed by atoms with Gasteiger partial charge in [0.2, 0.25) is 0 Å². The SMILES string of the molecule is CC(=O)C(O)c1ccc(CC(O)Cc2ccc(C#N)cc2)cc1. The van der Waals surface area contributed by atoms with Gasteiger partial charge in [-0.2, -0.15) is 5.26 Å². The third kappa shape index (κ3) is 4.75. The lowest BCUT2D eigenvalue weighted by atomic mass is 9.98. The number of nitriles is 1. The second-order valence-electron chi connectivity index (χ2n) is 5.63. The Bertz CT molecular complexity index is 699. The van der Waals surface area contributed by atoms with Gasteiger partial charge in [-0.3, -0.25) is 4.79 Å². The van der Waals surface area contributed by atoms with Gasteiger partial charge in [0.25, 0.3) is 0 Å². The molecule has 0 saturated heterocycles. The van der Waals surface area contributed by atoms with Crippen molar-refractivity contribution in [2.75, 3.05) is 0 Å². The predicted molar refractivity (Wildman–Crippen MR) is 86.7 cm³/mol. The number of carbonyl (C=O) groups excluding carboxylic acids is 1. The van der Waals surface area contributed by atoms with E-state index in [0.29, 0.717) is 24.0 Å². The van der Waals surface area contributed by atoms with Crippen molar-refractivity contribution in [3.63, 3.8) is 0 Å². The zero-order valence-electron chi connectivity index (χ0n) is 12.9. The van der Waals surface area contributed by atoms with Crippen LogP contribution in [0.3, 0.4) is 0 Å². The van der Waals surface area contributed by atoms with Gasteiger partial charge >= 0.3 is 0 Å². The first kappa shape index (κ1) is 16.9. The number of benzene rings is 2. The number of hydrogen-bond acceptors (Lipinski definition) is 4. The molecule has 0 amide bonds. The van der Waals surface area contributed by atoms with E-state index in [1.54, 1.807) is 24.3 Å². The first-order chi connectivity index (χ1) is 11.0. The van der Waals surface area contributed by atoms with Crippen molar-refractivity contribution in [3.05, 3.63) is 70.8 Å². The molecule has 0 aromatic heterocycles. The molecule has 0 fully saturated rings. The van der Waals surface area contributed by atoms with E-state index in [0.717, 1.165) is 11.1 Å². The molecule has 0 aliphatic rings. The van der Waals surface area contributed by atoms with E-state index in [-0.39, 0.29) is 5.78 Å². The van der Waals surface area contributed by atoms with Gasteiger partial charge in [-0.15, -0.1) is 0 Å². The zero-order chi connectivity index (χ0) is 16.8. The Morgan fingerprint density at radius 1 is 1.00 bits per heavy atom. The number of nitrogens with zero attached hydrogens (tertiary/aromatic N) is 1. The molecule has 0 bridgehead atoms. The summed E-state index contributed by atoms with van der Waals surface area (Å²) in [5.74, 6) is -0.293. The molecule has 2 aromatic rings. The summed E-state index contributed by atoms with van der Waals surface area (Å²) in [6.07, 6.45) is -0.640. The fourth-order valence-electron chi connectivity index (χ4n) is 2.40. The van der Waals surface area contributed by atoms with Crippen molar-refractivity contribution in [1.82, 2.24) is 0 Å². The van der Waals surface area contributed by atoms with Crippen LogP contribution in [0.5, 0.6) is 0 Å². The second kappa shape index (κ2) is 7.68. The van der Waals surface area contributed by atoms with Crippen LogP contribution in [0.15, 0.2) is 48.5 Å². The first-order valence-corrected chi connectivity index (χ1v) is 7.44. The molecule has 0 spiro atoms. The van der Waals surface area contributed by atoms with Gasteiger partial charge in [0.05, 0.1) is 17.7 Å². The summed E-state index contributed by atoms with van der Waals surface area (Å²) < 4.78 is 0. The number of aliphatic hydroxyl groups excluding tert-OH is 2. The lowest BCUT2D eigenvalue weighted by Gasteiger charge is -2.12. The van der Waals surface area contributed by atoms with Crippen molar-refractivity contribution in [2.45, 2.75) is 32.0 Å². The van der Waals surface area contributed by atoms with Crippen molar-refractivity contribution in [3.8, 4) is 6.07 Å². The lowest BCUT2D eigenvalue weighted by Crippen LogP contribution is -2.14. The maximum atomic E-state index is 11.1. The molecule has 0 aliphatic carbocycles. The highest BCUT2D eigenvalue weighted by atomic mass is 16.3. The standard InChI is InChI=1S/C19H19NO3/c1-13(21)19(23)17-8-6-15(7-9-17)11-18(22)10-14-2-4-16(12-20)5-3-14/h2-9,18-19,22-23H,10-11H2,1H3. The van der Waals surface area contributed by atoms with E-state index >= 15 is 0 Å². The molecule has 2 atom stereocenters. The van der Waals surface area contributed by atoms with Crippen LogP contribution in [0, 0.1) is 11.3 Å². The van der Waals surface area contributed by atoms with Crippen LogP contribution in [0.2, 0.25) is 0 Å².